The fourth-order valence-corrected chi connectivity index (χ4v) is 2.46. The molecule has 1 aromatic carbocycles. The molecule has 3 N–H and O–H groups in total. The molecule has 0 heterocycles. The van der Waals surface area contributed by atoms with Gasteiger partial charge in [0.2, 0.25) is 0 Å². The third-order valence-corrected chi connectivity index (χ3v) is 3.80. The van der Waals surface area contributed by atoms with Gasteiger partial charge < -0.3 is 15.7 Å². The Bertz CT molecular complexity index is 500. The molecular formula is C13H15BrN2O3. The number of urea groups is 1. The number of benzene rings is 1. The van der Waals surface area contributed by atoms with Gasteiger partial charge in [0.15, 0.2) is 0 Å². The number of carboxylic acid groups (broad SMARTS) is 1. The summed E-state index contributed by atoms with van der Waals surface area (Å²) in [6.45, 7) is 0.362. The van der Waals surface area contributed by atoms with Gasteiger partial charge in [-0.05, 0) is 37.0 Å². The van der Waals surface area contributed by atoms with Gasteiger partial charge in [-0.15, -0.1) is 0 Å². The molecule has 0 saturated heterocycles. The van der Waals surface area contributed by atoms with Crippen LogP contribution in [0.5, 0.6) is 0 Å². The zero-order chi connectivity index (χ0) is 13.9. The first kappa shape index (κ1) is 13.9. The molecule has 19 heavy (non-hydrogen) atoms. The van der Waals surface area contributed by atoms with Crippen molar-refractivity contribution in [2.75, 3.05) is 0 Å². The minimum atomic E-state index is -1.07. The van der Waals surface area contributed by atoms with Crippen molar-refractivity contribution in [2.45, 2.75) is 31.3 Å². The molecule has 1 fully saturated rings. The van der Waals surface area contributed by atoms with Crippen molar-refractivity contribution in [1.82, 2.24) is 10.6 Å². The number of carbonyl (C=O) groups excluding carboxylic acids is 1. The van der Waals surface area contributed by atoms with Gasteiger partial charge in [-0.1, -0.05) is 28.1 Å². The van der Waals surface area contributed by atoms with Crippen LogP contribution in [-0.4, -0.2) is 22.6 Å². The molecule has 102 valence electrons. The largest absolute Gasteiger partial charge is 0.480 e. The van der Waals surface area contributed by atoms with Gasteiger partial charge in [0.05, 0.1) is 0 Å². The molecule has 2 amide bonds. The number of rotatable bonds is 4. The van der Waals surface area contributed by atoms with Gasteiger partial charge in [0.1, 0.15) is 5.54 Å². The van der Waals surface area contributed by atoms with Gasteiger partial charge in [-0.2, -0.15) is 0 Å². The van der Waals surface area contributed by atoms with E-state index in [1.807, 2.05) is 24.3 Å². The lowest BCUT2D eigenvalue weighted by atomic mass is 9.77. The van der Waals surface area contributed by atoms with E-state index in [2.05, 4.69) is 26.6 Å². The topological polar surface area (TPSA) is 78.4 Å². The van der Waals surface area contributed by atoms with E-state index in [0.717, 1.165) is 16.5 Å². The predicted octanol–water partition coefficient (Wildman–Crippen LogP) is 2.26. The Morgan fingerprint density at radius 1 is 1.37 bits per heavy atom. The molecule has 0 spiro atoms. The van der Waals surface area contributed by atoms with Crippen molar-refractivity contribution >= 4 is 27.9 Å². The number of amides is 2. The first-order chi connectivity index (χ1) is 9.02. The van der Waals surface area contributed by atoms with Crippen molar-refractivity contribution in [1.29, 1.82) is 0 Å². The van der Waals surface area contributed by atoms with Crippen LogP contribution in [0.3, 0.4) is 0 Å². The second-order valence-electron chi connectivity index (χ2n) is 4.68. The maximum atomic E-state index is 11.7. The van der Waals surface area contributed by atoms with Crippen LogP contribution in [0.4, 0.5) is 4.79 Å². The Balaban J connectivity index is 1.86. The maximum absolute atomic E-state index is 11.7. The smallest absolute Gasteiger partial charge is 0.329 e. The van der Waals surface area contributed by atoms with Crippen molar-refractivity contribution in [3.63, 3.8) is 0 Å². The van der Waals surface area contributed by atoms with Crippen LogP contribution < -0.4 is 10.6 Å². The van der Waals surface area contributed by atoms with E-state index in [-0.39, 0.29) is 0 Å². The summed E-state index contributed by atoms with van der Waals surface area (Å²) in [7, 11) is 0. The van der Waals surface area contributed by atoms with E-state index in [4.69, 9.17) is 5.11 Å². The molecule has 0 atom stereocenters. The SMILES string of the molecule is O=C(NCc1cccc(Br)c1)NC1(C(=O)O)CCC1. The summed E-state index contributed by atoms with van der Waals surface area (Å²) in [6.07, 6.45) is 1.82. The first-order valence-corrected chi connectivity index (χ1v) is 6.85. The summed E-state index contributed by atoms with van der Waals surface area (Å²) < 4.78 is 0.938. The molecule has 0 aromatic heterocycles. The summed E-state index contributed by atoms with van der Waals surface area (Å²) in [4.78, 5) is 22.8. The number of hydrogen-bond acceptors (Lipinski definition) is 2. The number of carbonyl (C=O) groups is 2. The highest BCUT2D eigenvalue weighted by Gasteiger charge is 2.45. The van der Waals surface area contributed by atoms with Gasteiger partial charge in [-0.3, -0.25) is 0 Å². The van der Waals surface area contributed by atoms with Gasteiger partial charge in [0.25, 0.3) is 0 Å². The van der Waals surface area contributed by atoms with Crippen molar-refractivity contribution in [2.24, 2.45) is 0 Å². The number of nitrogens with one attached hydrogen (secondary N) is 2. The second-order valence-corrected chi connectivity index (χ2v) is 5.59. The minimum Gasteiger partial charge on any atom is -0.480 e. The van der Waals surface area contributed by atoms with E-state index >= 15 is 0 Å². The van der Waals surface area contributed by atoms with E-state index in [1.165, 1.54) is 0 Å². The van der Waals surface area contributed by atoms with E-state index < -0.39 is 17.5 Å². The molecule has 6 heteroatoms. The highest BCUT2D eigenvalue weighted by atomic mass is 79.9. The molecule has 0 unspecified atom stereocenters. The van der Waals surface area contributed by atoms with Gasteiger partial charge >= 0.3 is 12.0 Å². The number of carboxylic acids is 1. The van der Waals surface area contributed by atoms with E-state index in [9.17, 15) is 9.59 Å². The second kappa shape index (κ2) is 5.61. The Morgan fingerprint density at radius 2 is 2.11 bits per heavy atom. The Kier molecular flexibility index (Phi) is 4.09. The van der Waals surface area contributed by atoms with Crippen LogP contribution in [0.1, 0.15) is 24.8 Å². The molecule has 5 nitrogen and oxygen atoms in total. The quantitative estimate of drug-likeness (QED) is 0.794. The molecule has 2 rings (SSSR count). The zero-order valence-corrected chi connectivity index (χ0v) is 11.9. The minimum absolute atomic E-state index is 0.362. The lowest BCUT2D eigenvalue weighted by molar-refractivity contribution is -0.148. The highest BCUT2D eigenvalue weighted by molar-refractivity contribution is 9.10. The van der Waals surface area contributed by atoms with Crippen molar-refractivity contribution in [3.8, 4) is 0 Å². The van der Waals surface area contributed by atoms with E-state index in [0.29, 0.717) is 19.4 Å². The summed E-state index contributed by atoms with van der Waals surface area (Å²) in [6, 6.07) is 7.13. The Morgan fingerprint density at radius 3 is 2.63 bits per heavy atom. The lowest BCUT2D eigenvalue weighted by Crippen LogP contribution is -2.61. The van der Waals surface area contributed by atoms with Gasteiger partial charge in [0, 0.05) is 11.0 Å². The molecule has 0 radical (unpaired) electrons. The molecule has 0 aliphatic heterocycles. The van der Waals surface area contributed by atoms with Crippen LogP contribution in [-0.2, 0) is 11.3 Å². The Labute approximate surface area is 119 Å². The molecule has 1 saturated carbocycles. The molecule has 1 aliphatic rings. The van der Waals surface area contributed by atoms with Crippen molar-refractivity contribution in [3.05, 3.63) is 34.3 Å². The molecule has 1 aliphatic carbocycles. The van der Waals surface area contributed by atoms with Gasteiger partial charge in [-0.25, -0.2) is 9.59 Å². The fourth-order valence-electron chi connectivity index (χ4n) is 2.01. The molecule has 1 aromatic rings. The van der Waals surface area contributed by atoms with Crippen LogP contribution in [0, 0.1) is 0 Å². The normalized spacial score (nSPS) is 16.3. The maximum Gasteiger partial charge on any atom is 0.329 e. The van der Waals surface area contributed by atoms with Crippen LogP contribution in [0.2, 0.25) is 0 Å². The van der Waals surface area contributed by atoms with Crippen LogP contribution >= 0.6 is 15.9 Å². The summed E-state index contributed by atoms with van der Waals surface area (Å²) >= 11 is 3.35. The number of aliphatic carboxylic acids is 1. The fraction of sp³-hybridized carbons (Fsp3) is 0.385. The first-order valence-electron chi connectivity index (χ1n) is 6.06. The van der Waals surface area contributed by atoms with Crippen molar-refractivity contribution < 1.29 is 14.7 Å². The zero-order valence-electron chi connectivity index (χ0n) is 10.3. The number of halogens is 1. The predicted molar refractivity (Wildman–Crippen MR) is 73.7 cm³/mol. The van der Waals surface area contributed by atoms with Crippen LogP contribution in [0.15, 0.2) is 28.7 Å². The summed E-state index contributed by atoms with van der Waals surface area (Å²) in [5.41, 5.74) is -0.121. The summed E-state index contributed by atoms with van der Waals surface area (Å²) in [5, 5.41) is 14.3. The summed E-state index contributed by atoms with van der Waals surface area (Å²) in [5.74, 6) is -0.962. The van der Waals surface area contributed by atoms with E-state index in [1.54, 1.807) is 0 Å². The molecular weight excluding hydrogens is 312 g/mol. The standard InChI is InChI=1S/C13H15BrN2O3/c14-10-4-1-3-9(7-10)8-15-12(19)16-13(11(17)18)5-2-6-13/h1,3-4,7H,2,5-6,8H2,(H,17,18)(H2,15,16,19). The number of hydrogen-bond donors (Lipinski definition) is 3. The Hall–Kier alpha value is -1.56. The van der Waals surface area contributed by atoms with Crippen LogP contribution in [0.25, 0.3) is 0 Å². The third kappa shape index (κ3) is 3.26. The monoisotopic (exact) mass is 326 g/mol. The average Bonchev–Trinajstić information content (AvgIpc) is 2.31. The highest BCUT2D eigenvalue weighted by Crippen LogP contribution is 2.31. The lowest BCUT2D eigenvalue weighted by Gasteiger charge is -2.38. The third-order valence-electron chi connectivity index (χ3n) is 3.31. The average molecular weight is 327 g/mol. The molecule has 0 bridgehead atoms.